The Kier molecular flexibility index (Phi) is 7.55. The van der Waals surface area contributed by atoms with Gasteiger partial charge in [-0.2, -0.15) is 9.78 Å². The van der Waals surface area contributed by atoms with Crippen LogP contribution in [0.5, 0.6) is 0 Å². The van der Waals surface area contributed by atoms with Gasteiger partial charge in [0.1, 0.15) is 16.9 Å². The van der Waals surface area contributed by atoms with Crippen molar-refractivity contribution < 1.29 is 19.1 Å². The highest BCUT2D eigenvalue weighted by atomic mass is 16.5. The number of anilines is 1. The molecule has 0 aliphatic heterocycles. The molecule has 0 bridgehead atoms. The quantitative estimate of drug-likeness (QED) is 0.210. The Morgan fingerprint density at radius 1 is 1.11 bits per heavy atom. The normalized spacial score (nSPS) is 11.6. The second-order valence-electron chi connectivity index (χ2n) is 8.34. The van der Waals surface area contributed by atoms with Crippen LogP contribution in [0.3, 0.4) is 0 Å². The van der Waals surface area contributed by atoms with Gasteiger partial charge in [-0.05, 0) is 50.1 Å². The molecule has 0 aliphatic carbocycles. The lowest BCUT2D eigenvalue weighted by Gasteiger charge is -2.08. The Morgan fingerprint density at radius 3 is 2.47 bits per heavy atom. The summed E-state index contributed by atoms with van der Waals surface area (Å²) < 4.78 is 11.7. The van der Waals surface area contributed by atoms with Crippen molar-refractivity contribution in [1.82, 2.24) is 20.0 Å². The Balaban J connectivity index is 1.68. The zero-order chi connectivity index (χ0) is 25.7. The van der Waals surface area contributed by atoms with Crippen LogP contribution in [0.25, 0.3) is 22.2 Å². The SMILES string of the molecule is COC(=O)c1ccc(/C=N/n2c(N)c(C(=O)NCCCOC(C)C)c3nc4ccccc4nc32)cc1. The number of fused-ring (bicyclic) bond motifs is 2. The predicted molar refractivity (Wildman–Crippen MR) is 138 cm³/mol. The average molecular weight is 489 g/mol. The molecule has 0 fully saturated rings. The number of hydrogen-bond donors (Lipinski definition) is 2. The highest BCUT2D eigenvalue weighted by Crippen LogP contribution is 2.27. The monoisotopic (exact) mass is 488 g/mol. The number of methoxy groups -OCH3 is 1. The van der Waals surface area contributed by atoms with Gasteiger partial charge in [0.05, 0.1) is 36.0 Å². The maximum Gasteiger partial charge on any atom is 0.337 e. The van der Waals surface area contributed by atoms with Crippen LogP contribution in [-0.2, 0) is 9.47 Å². The van der Waals surface area contributed by atoms with Crippen molar-refractivity contribution in [3.05, 3.63) is 65.2 Å². The van der Waals surface area contributed by atoms with Gasteiger partial charge < -0.3 is 20.5 Å². The Labute approximate surface area is 208 Å². The van der Waals surface area contributed by atoms with Crippen molar-refractivity contribution in [2.45, 2.75) is 26.4 Å². The van der Waals surface area contributed by atoms with Crippen molar-refractivity contribution >= 4 is 46.1 Å². The van der Waals surface area contributed by atoms with Crippen LogP contribution in [0.2, 0.25) is 0 Å². The molecule has 4 rings (SSSR count). The molecule has 3 N–H and O–H groups in total. The molecule has 0 aliphatic rings. The smallest absolute Gasteiger partial charge is 0.337 e. The minimum absolute atomic E-state index is 0.124. The molecule has 0 atom stereocenters. The number of carbonyl (C=O) groups is 2. The fraction of sp³-hybridized carbons (Fsp3) is 0.269. The topological polar surface area (TPSA) is 134 Å². The number of nitrogens with zero attached hydrogens (tertiary/aromatic N) is 4. The first-order chi connectivity index (χ1) is 17.4. The Hall–Kier alpha value is -4.31. The van der Waals surface area contributed by atoms with Gasteiger partial charge in [0, 0.05) is 13.2 Å². The number of aromatic nitrogens is 3. The van der Waals surface area contributed by atoms with E-state index in [0.717, 1.165) is 0 Å². The van der Waals surface area contributed by atoms with Crippen LogP contribution in [0, 0.1) is 0 Å². The number of nitrogens with one attached hydrogen (secondary N) is 1. The van der Waals surface area contributed by atoms with Gasteiger partial charge in [-0.15, -0.1) is 0 Å². The van der Waals surface area contributed by atoms with Gasteiger partial charge in [0.25, 0.3) is 5.91 Å². The van der Waals surface area contributed by atoms with Crippen molar-refractivity contribution in [1.29, 1.82) is 0 Å². The van der Waals surface area contributed by atoms with E-state index in [1.165, 1.54) is 11.8 Å². The van der Waals surface area contributed by atoms with Crippen LogP contribution >= 0.6 is 0 Å². The van der Waals surface area contributed by atoms with Crippen molar-refractivity contribution in [2.75, 3.05) is 26.0 Å². The molecule has 10 heteroatoms. The van der Waals surface area contributed by atoms with E-state index < -0.39 is 5.97 Å². The third-order valence-electron chi connectivity index (χ3n) is 5.41. The van der Waals surface area contributed by atoms with E-state index in [0.29, 0.717) is 52.9 Å². The van der Waals surface area contributed by atoms with Gasteiger partial charge in [-0.25, -0.2) is 14.8 Å². The van der Waals surface area contributed by atoms with Crippen LogP contribution < -0.4 is 11.1 Å². The van der Waals surface area contributed by atoms with Gasteiger partial charge in [-0.3, -0.25) is 4.79 Å². The summed E-state index contributed by atoms with van der Waals surface area (Å²) in [6.07, 6.45) is 2.36. The molecule has 10 nitrogen and oxygen atoms in total. The molecule has 2 heterocycles. The number of nitrogens with two attached hydrogens (primary N) is 1. The number of nitrogen functional groups attached to an aromatic ring is 1. The van der Waals surface area contributed by atoms with Crippen molar-refractivity contribution in [3.63, 3.8) is 0 Å². The first-order valence-corrected chi connectivity index (χ1v) is 11.6. The fourth-order valence-electron chi connectivity index (χ4n) is 3.62. The summed E-state index contributed by atoms with van der Waals surface area (Å²) in [7, 11) is 1.33. The predicted octanol–water partition coefficient (Wildman–Crippen LogP) is 3.38. The lowest BCUT2D eigenvalue weighted by atomic mass is 10.1. The van der Waals surface area contributed by atoms with E-state index in [2.05, 4.69) is 20.4 Å². The molecule has 36 heavy (non-hydrogen) atoms. The summed E-state index contributed by atoms with van der Waals surface area (Å²) in [4.78, 5) is 34.1. The zero-order valence-electron chi connectivity index (χ0n) is 20.4. The molecule has 0 saturated heterocycles. The van der Waals surface area contributed by atoms with Crippen LogP contribution in [-0.4, -0.2) is 59.1 Å². The largest absolute Gasteiger partial charge is 0.465 e. The lowest BCUT2D eigenvalue weighted by molar-refractivity contribution is 0.0600. The molecule has 0 spiro atoms. The number of esters is 1. The fourth-order valence-corrected chi connectivity index (χ4v) is 3.62. The standard InChI is InChI=1S/C26H28N6O4/c1-16(2)36-14-6-13-28-25(33)21-22-24(31-20-8-5-4-7-19(20)30-22)32(23(21)27)29-15-17-9-11-18(12-10-17)26(34)35-3/h4-5,7-12,15-16H,6,13-14,27H2,1-3H3,(H,28,33)/b29-15+. The van der Waals surface area contributed by atoms with Crippen LogP contribution in [0.4, 0.5) is 5.82 Å². The van der Waals surface area contributed by atoms with Crippen molar-refractivity contribution in [3.8, 4) is 0 Å². The third kappa shape index (κ3) is 5.33. The maximum atomic E-state index is 13.1. The summed E-state index contributed by atoms with van der Waals surface area (Å²) in [6, 6.07) is 14.1. The molecule has 1 amide bonds. The highest BCUT2D eigenvalue weighted by molar-refractivity contribution is 6.10. The minimum atomic E-state index is -0.423. The summed E-state index contributed by atoms with van der Waals surface area (Å²) >= 11 is 0. The maximum absolute atomic E-state index is 13.1. The van der Waals surface area contributed by atoms with Crippen molar-refractivity contribution in [2.24, 2.45) is 5.10 Å². The molecule has 2 aromatic carbocycles. The van der Waals surface area contributed by atoms with E-state index in [-0.39, 0.29) is 23.4 Å². The minimum Gasteiger partial charge on any atom is -0.465 e. The second kappa shape index (κ2) is 11.0. The van der Waals surface area contributed by atoms with Crippen LogP contribution in [0.1, 0.15) is 46.5 Å². The second-order valence-corrected chi connectivity index (χ2v) is 8.34. The van der Waals surface area contributed by atoms with Gasteiger partial charge in [-0.1, -0.05) is 24.3 Å². The summed E-state index contributed by atoms with van der Waals surface area (Å²) in [5.41, 5.74) is 9.79. The number of amides is 1. The van der Waals surface area contributed by atoms with E-state index in [1.807, 2.05) is 38.1 Å². The molecule has 186 valence electrons. The van der Waals surface area contributed by atoms with E-state index >= 15 is 0 Å². The van der Waals surface area contributed by atoms with Gasteiger partial charge in [0.15, 0.2) is 5.65 Å². The number of para-hydroxylation sites is 2. The van der Waals surface area contributed by atoms with Crippen LogP contribution in [0.15, 0.2) is 53.6 Å². The molecule has 0 radical (unpaired) electrons. The zero-order valence-corrected chi connectivity index (χ0v) is 20.4. The molecular weight excluding hydrogens is 460 g/mol. The first-order valence-electron chi connectivity index (χ1n) is 11.6. The molecule has 2 aromatic heterocycles. The van der Waals surface area contributed by atoms with Gasteiger partial charge in [0.2, 0.25) is 0 Å². The highest BCUT2D eigenvalue weighted by Gasteiger charge is 2.24. The van der Waals surface area contributed by atoms with Gasteiger partial charge >= 0.3 is 5.97 Å². The Bertz CT molecular complexity index is 1430. The number of rotatable bonds is 9. The summed E-state index contributed by atoms with van der Waals surface area (Å²) in [5, 5.41) is 7.37. The molecule has 0 saturated carbocycles. The third-order valence-corrected chi connectivity index (χ3v) is 5.41. The summed E-state index contributed by atoms with van der Waals surface area (Å²) in [6.45, 7) is 4.89. The number of benzene rings is 2. The number of ether oxygens (including phenoxy) is 2. The number of carbonyl (C=O) groups excluding carboxylic acids is 2. The van der Waals surface area contributed by atoms with E-state index in [9.17, 15) is 9.59 Å². The van der Waals surface area contributed by atoms with E-state index in [4.69, 9.17) is 15.2 Å². The molecule has 0 unspecified atom stereocenters. The lowest BCUT2D eigenvalue weighted by Crippen LogP contribution is -2.26. The Morgan fingerprint density at radius 2 is 1.81 bits per heavy atom. The number of hydrogen-bond acceptors (Lipinski definition) is 8. The molecular formula is C26H28N6O4. The summed E-state index contributed by atoms with van der Waals surface area (Å²) in [5.74, 6) is -0.658. The van der Waals surface area contributed by atoms with E-state index in [1.54, 1.807) is 30.5 Å². The average Bonchev–Trinajstić information content (AvgIpc) is 3.15. The first kappa shape index (κ1) is 24.8. The molecule has 4 aromatic rings.